The van der Waals surface area contributed by atoms with Gasteiger partial charge in [0.1, 0.15) is 11.2 Å². The number of anilines is 1. The van der Waals surface area contributed by atoms with E-state index in [0.717, 1.165) is 55.0 Å². The van der Waals surface area contributed by atoms with Crippen molar-refractivity contribution in [2.24, 2.45) is 0 Å². The van der Waals surface area contributed by atoms with Gasteiger partial charge in [-0.25, -0.2) is 9.78 Å². The molecule has 5 rings (SSSR count). The Morgan fingerprint density at radius 3 is 2.69 bits per heavy atom. The number of hydrogen-bond acceptors (Lipinski definition) is 5. The number of piperazine rings is 1. The Labute approximate surface area is 169 Å². The molecule has 6 heteroatoms. The van der Waals surface area contributed by atoms with Gasteiger partial charge in [-0.2, -0.15) is 0 Å². The molecule has 0 N–H and O–H groups in total. The molecule has 4 aromatic rings. The number of likely N-dealkylation sites (N-methyl/N-ethyl adjacent to an activating group) is 1. The van der Waals surface area contributed by atoms with E-state index < -0.39 is 0 Å². The predicted octanol–water partition coefficient (Wildman–Crippen LogP) is 3.56. The fourth-order valence-corrected chi connectivity index (χ4v) is 4.08. The SMILES string of the molecule is CCN1CCN(c2ccc3cc(-c4cn5cccc(C)c5n4)c(=O)oc3c2)CC1. The number of hydrogen-bond donors (Lipinski definition) is 0. The van der Waals surface area contributed by atoms with Crippen molar-refractivity contribution in [1.82, 2.24) is 14.3 Å². The Bertz CT molecular complexity index is 1250. The van der Waals surface area contributed by atoms with E-state index in [1.165, 1.54) is 0 Å². The molecule has 0 unspecified atom stereocenters. The monoisotopic (exact) mass is 388 g/mol. The summed E-state index contributed by atoms with van der Waals surface area (Å²) in [6.45, 7) is 9.39. The second kappa shape index (κ2) is 7.04. The standard InChI is InChI=1S/C23H24N4O2/c1-3-25-9-11-26(12-10-25)18-7-6-17-13-19(23(28)29-21(17)14-18)20-15-27-8-4-5-16(2)22(27)24-20/h4-8,13-15H,3,9-12H2,1-2H3. The van der Waals surface area contributed by atoms with E-state index in [1.54, 1.807) is 0 Å². The largest absolute Gasteiger partial charge is 0.422 e. The molecule has 0 spiro atoms. The Balaban J connectivity index is 1.51. The van der Waals surface area contributed by atoms with Crippen molar-refractivity contribution < 1.29 is 4.42 Å². The van der Waals surface area contributed by atoms with Gasteiger partial charge in [-0.1, -0.05) is 13.0 Å². The summed E-state index contributed by atoms with van der Waals surface area (Å²) in [7, 11) is 0. The van der Waals surface area contributed by atoms with Crippen molar-refractivity contribution in [3.63, 3.8) is 0 Å². The summed E-state index contributed by atoms with van der Waals surface area (Å²) < 4.78 is 7.64. The second-order valence-electron chi connectivity index (χ2n) is 7.64. The molecule has 1 aliphatic rings. The quantitative estimate of drug-likeness (QED) is 0.503. The summed E-state index contributed by atoms with van der Waals surface area (Å²) in [5.41, 5.74) is 4.41. The molecule has 6 nitrogen and oxygen atoms in total. The van der Waals surface area contributed by atoms with Crippen molar-refractivity contribution in [2.75, 3.05) is 37.6 Å². The molecule has 0 radical (unpaired) electrons. The van der Waals surface area contributed by atoms with Gasteiger partial charge in [0.05, 0.1) is 11.3 Å². The van der Waals surface area contributed by atoms with Gasteiger partial charge in [0.2, 0.25) is 0 Å². The number of rotatable bonds is 3. The van der Waals surface area contributed by atoms with Crippen molar-refractivity contribution in [1.29, 1.82) is 0 Å². The average molecular weight is 388 g/mol. The summed E-state index contributed by atoms with van der Waals surface area (Å²) >= 11 is 0. The fourth-order valence-electron chi connectivity index (χ4n) is 4.08. The van der Waals surface area contributed by atoms with Crippen molar-refractivity contribution in [2.45, 2.75) is 13.8 Å². The van der Waals surface area contributed by atoms with Gasteiger partial charge in [0.15, 0.2) is 0 Å². The number of fused-ring (bicyclic) bond motifs is 2. The summed E-state index contributed by atoms with van der Waals surface area (Å²) in [5, 5.41) is 0.907. The van der Waals surface area contributed by atoms with E-state index in [2.05, 4.69) is 27.8 Å². The molecule has 4 heterocycles. The lowest BCUT2D eigenvalue weighted by Crippen LogP contribution is -2.46. The molecule has 3 aromatic heterocycles. The topological polar surface area (TPSA) is 54.0 Å². The lowest BCUT2D eigenvalue weighted by molar-refractivity contribution is 0.271. The highest BCUT2D eigenvalue weighted by Gasteiger charge is 2.17. The van der Waals surface area contributed by atoms with E-state index in [0.29, 0.717) is 16.8 Å². The Morgan fingerprint density at radius 1 is 1.10 bits per heavy atom. The number of nitrogens with zero attached hydrogens (tertiary/aromatic N) is 4. The smallest absolute Gasteiger partial charge is 0.345 e. The Hall–Kier alpha value is -3.12. The molecule has 0 atom stereocenters. The van der Waals surface area contributed by atoms with Gasteiger partial charge in [0.25, 0.3) is 0 Å². The third-order valence-corrected chi connectivity index (χ3v) is 5.86. The molecular formula is C23H24N4O2. The zero-order chi connectivity index (χ0) is 20.0. The van der Waals surface area contributed by atoms with Crippen LogP contribution in [0.2, 0.25) is 0 Å². The molecule has 0 saturated carbocycles. The van der Waals surface area contributed by atoms with Crippen LogP contribution in [0.5, 0.6) is 0 Å². The van der Waals surface area contributed by atoms with Crippen LogP contribution < -0.4 is 10.5 Å². The maximum Gasteiger partial charge on any atom is 0.345 e. The number of benzene rings is 1. The molecule has 1 aliphatic heterocycles. The average Bonchev–Trinajstić information content (AvgIpc) is 3.18. The first-order valence-corrected chi connectivity index (χ1v) is 10.1. The molecule has 0 amide bonds. The zero-order valence-corrected chi connectivity index (χ0v) is 16.8. The number of aromatic nitrogens is 2. The fraction of sp³-hybridized carbons (Fsp3) is 0.304. The van der Waals surface area contributed by atoms with E-state index in [9.17, 15) is 4.79 Å². The van der Waals surface area contributed by atoms with Gasteiger partial charge in [0, 0.05) is 55.7 Å². The zero-order valence-electron chi connectivity index (χ0n) is 16.8. The Morgan fingerprint density at radius 2 is 1.93 bits per heavy atom. The van der Waals surface area contributed by atoms with Crippen LogP contribution in [0.4, 0.5) is 5.69 Å². The van der Waals surface area contributed by atoms with Crippen LogP contribution in [0, 0.1) is 6.92 Å². The van der Waals surface area contributed by atoms with Gasteiger partial charge < -0.3 is 18.6 Å². The normalized spacial score (nSPS) is 15.4. The van der Waals surface area contributed by atoms with E-state index >= 15 is 0 Å². The highest BCUT2D eigenvalue weighted by Crippen LogP contribution is 2.26. The van der Waals surface area contributed by atoms with Crippen LogP contribution in [-0.4, -0.2) is 47.0 Å². The molecule has 29 heavy (non-hydrogen) atoms. The number of imidazole rings is 1. The van der Waals surface area contributed by atoms with Gasteiger partial charge >= 0.3 is 5.63 Å². The van der Waals surface area contributed by atoms with Gasteiger partial charge in [-0.15, -0.1) is 0 Å². The van der Waals surface area contributed by atoms with Crippen LogP contribution in [0.25, 0.3) is 27.9 Å². The minimum absolute atomic E-state index is 0.355. The first-order chi connectivity index (χ1) is 14.1. The van der Waals surface area contributed by atoms with Crippen LogP contribution >= 0.6 is 0 Å². The molecule has 148 valence electrons. The van der Waals surface area contributed by atoms with Crippen molar-refractivity contribution in [3.8, 4) is 11.3 Å². The van der Waals surface area contributed by atoms with Crippen LogP contribution in [0.3, 0.4) is 0 Å². The lowest BCUT2D eigenvalue weighted by atomic mass is 10.1. The minimum atomic E-state index is -0.355. The van der Waals surface area contributed by atoms with Gasteiger partial charge in [-0.05, 0) is 43.3 Å². The predicted molar refractivity (Wildman–Crippen MR) is 116 cm³/mol. The van der Waals surface area contributed by atoms with E-state index in [-0.39, 0.29) is 5.63 Å². The first kappa shape index (κ1) is 17.9. The third kappa shape index (κ3) is 3.19. The highest BCUT2D eigenvalue weighted by molar-refractivity contribution is 5.84. The van der Waals surface area contributed by atoms with Crippen molar-refractivity contribution >= 4 is 22.3 Å². The summed E-state index contributed by atoms with van der Waals surface area (Å²) in [6, 6.07) is 12.0. The molecule has 0 bridgehead atoms. The second-order valence-corrected chi connectivity index (χ2v) is 7.64. The maximum absolute atomic E-state index is 12.7. The maximum atomic E-state index is 12.7. The highest BCUT2D eigenvalue weighted by atomic mass is 16.4. The van der Waals surface area contributed by atoms with Crippen LogP contribution in [-0.2, 0) is 0 Å². The molecule has 1 saturated heterocycles. The van der Waals surface area contributed by atoms with Crippen molar-refractivity contribution in [3.05, 3.63) is 64.8 Å². The summed E-state index contributed by atoms with van der Waals surface area (Å²) in [4.78, 5) is 22.2. The molecule has 0 aliphatic carbocycles. The van der Waals surface area contributed by atoms with Crippen LogP contribution in [0.1, 0.15) is 12.5 Å². The summed E-state index contributed by atoms with van der Waals surface area (Å²) in [6.07, 6.45) is 3.81. The third-order valence-electron chi connectivity index (χ3n) is 5.86. The van der Waals surface area contributed by atoms with E-state index in [4.69, 9.17) is 4.42 Å². The summed E-state index contributed by atoms with van der Waals surface area (Å²) in [5.74, 6) is 0. The molecular weight excluding hydrogens is 364 g/mol. The molecule has 1 fully saturated rings. The first-order valence-electron chi connectivity index (χ1n) is 10.1. The Kier molecular flexibility index (Phi) is 4.36. The molecule has 1 aromatic carbocycles. The lowest BCUT2D eigenvalue weighted by Gasteiger charge is -2.35. The van der Waals surface area contributed by atoms with E-state index in [1.807, 2.05) is 54.0 Å². The van der Waals surface area contributed by atoms with Gasteiger partial charge in [-0.3, -0.25) is 0 Å². The number of pyridine rings is 1. The van der Waals surface area contributed by atoms with Crippen LogP contribution in [0.15, 0.2) is 58.0 Å². The minimum Gasteiger partial charge on any atom is -0.422 e. The number of aryl methyl sites for hydroxylation is 1.